The van der Waals surface area contributed by atoms with Gasteiger partial charge < -0.3 is 5.11 Å². The molecule has 0 aliphatic rings. The first-order valence-corrected chi connectivity index (χ1v) is 7.57. The van der Waals surface area contributed by atoms with Gasteiger partial charge in [-0.3, -0.25) is 4.68 Å². The first-order chi connectivity index (χ1) is 9.29. The van der Waals surface area contributed by atoms with Crippen molar-refractivity contribution in [2.45, 2.75) is 10.6 Å². The Labute approximate surface area is 120 Å². The first kappa shape index (κ1) is 14.5. The average molecular weight is 315 g/mol. The van der Waals surface area contributed by atoms with Crippen LogP contribution in [0.15, 0.2) is 35.4 Å². The summed E-state index contributed by atoms with van der Waals surface area (Å²) in [5, 5.41) is 12.7. The zero-order valence-electron chi connectivity index (χ0n) is 10.4. The molecule has 8 heteroatoms. The van der Waals surface area contributed by atoms with Crippen LogP contribution in [0.5, 0.6) is 0 Å². The fourth-order valence-electron chi connectivity index (χ4n) is 1.68. The zero-order valence-corrected chi connectivity index (χ0v) is 12.0. The molecule has 2 aromatic rings. The van der Waals surface area contributed by atoms with Crippen molar-refractivity contribution in [2.75, 3.05) is 0 Å². The lowest BCUT2D eigenvalue weighted by Gasteiger charge is -2.05. The second-order valence-corrected chi connectivity index (χ2v) is 6.58. The van der Waals surface area contributed by atoms with Crippen molar-refractivity contribution < 1.29 is 18.3 Å². The Kier molecular flexibility index (Phi) is 3.82. The molecule has 0 unspecified atom stereocenters. The molecule has 1 aromatic heterocycles. The van der Waals surface area contributed by atoms with E-state index in [1.807, 2.05) is 0 Å². The van der Waals surface area contributed by atoms with Gasteiger partial charge in [-0.05, 0) is 24.3 Å². The maximum atomic E-state index is 12.2. The maximum Gasteiger partial charge on any atom is 0.337 e. The quantitative estimate of drug-likeness (QED) is 0.928. The van der Waals surface area contributed by atoms with E-state index in [0.717, 1.165) is 6.07 Å². The zero-order chi connectivity index (χ0) is 14.9. The van der Waals surface area contributed by atoms with Crippen LogP contribution in [0, 0.1) is 0 Å². The van der Waals surface area contributed by atoms with E-state index in [2.05, 4.69) is 5.10 Å². The number of hydrogen-bond donors (Lipinski definition) is 1. The smallest absolute Gasteiger partial charge is 0.337 e. The molecule has 0 bridgehead atoms. The highest BCUT2D eigenvalue weighted by atomic mass is 35.5. The molecule has 0 aliphatic heterocycles. The summed E-state index contributed by atoms with van der Waals surface area (Å²) >= 11 is 5.77. The van der Waals surface area contributed by atoms with Crippen LogP contribution in [0.4, 0.5) is 0 Å². The van der Waals surface area contributed by atoms with E-state index in [4.69, 9.17) is 16.7 Å². The summed E-state index contributed by atoms with van der Waals surface area (Å²) in [5.74, 6) is -1.47. The van der Waals surface area contributed by atoms with Crippen molar-refractivity contribution in [2.24, 2.45) is 7.05 Å². The van der Waals surface area contributed by atoms with E-state index < -0.39 is 15.8 Å². The van der Waals surface area contributed by atoms with Crippen LogP contribution in [-0.2, 0) is 22.6 Å². The van der Waals surface area contributed by atoms with E-state index in [1.54, 1.807) is 19.3 Å². The van der Waals surface area contributed by atoms with E-state index in [0.29, 0.717) is 5.69 Å². The van der Waals surface area contributed by atoms with Crippen molar-refractivity contribution in [3.63, 3.8) is 0 Å². The van der Waals surface area contributed by atoms with Crippen LogP contribution < -0.4 is 0 Å². The minimum Gasteiger partial charge on any atom is -0.478 e. The van der Waals surface area contributed by atoms with Gasteiger partial charge >= 0.3 is 5.97 Å². The Hall–Kier alpha value is -1.86. The topological polar surface area (TPSA) is 89.3 Å². The number of aryl methyl sites for hydroxylation is 1. The predicted molar refractivity (Wildman–Crippen MR) is 72.5 cm³/mol. The van der Waals surface area contributed by atoms with Crippen LogP contribution in [0.2, 0.25) is 5.02 Å². The third-order valence-corrected chi connectivity index (χ3v) is 4.60. The van der Waals surface area contributed by atoms with Crippen molar-refractivity contribution in [1.29, 1.82) is 0 Å². The van der Waals surface area contributed by atoms with Crippen LogP contribution >= 0.6 is 11.6 Å². The van der Waals surface area contributed by atoms with E-state index >= 15 is 0 Å². The molecule has 0 fully saturated rings. The molecule has 1 aromatic carbocycles. The molecule has 6 nitrogen and oxygen atoms in total. The highest BCUT2D eigenvalue weighted by molar-refractivity contribution is 7.90. The number of halogens is 1. The maximum absolute atomic E-state index is 12.2. The van der Waals surface area contributed by atoms with Gasteiger partial charge in [0.25, 0.3) is 0 Å². The van der Waals surface area contributed by atoms with Gasteiger partial charge in [0.1, 0.15) is 0 Å². The van der Waals surface area contributed by atoms with Crippen LogP contribution in [0.3, 0.4) is 0 Å². The number of carboxylic acids is 1. The molecule has 1 N–H and O–H groups in total. The fourth-order valence-corrected chi connectivity index (χ4v) is 3.29. The minimum absolute atomic E-state index is 0.0295. The SMILES string of the molecule is Cn1ccc(CS(=O)(=O)c2ccc(C(=O)O)c(Cl)c2)n1. The predicted octanol–water partition coefficient (Wildman–Crippen LogP) is 1.75. The average Bonchev–Trinajstić information content (AvgIpc) is 2.73. The molecular weight excluding hydrogens is 304 g/mol. The molecule has 20 heavy (non-hydrogen) atoms. The molecular formula is C12H11ClN2O4S. The van der Waals surface area contributed by atoms with Gasteiger partial charge in [-0.15, -0.1) is 0 Å². The molecule has 0 atom stereocenters. The van der Waals surface area contributed by atoms with Gasteiger partial charge in [-0.25, -0.2) is 13.2 Å². The van der Waals surface area contributed by atoms with Gasteiger partial charge in [0, 0.05) is 13.2 Å². The molecule has 1 heterocycles. The number of rotatable bonds is 4. The van der Waals surface area contributed by atoms with Crippen molar-refractivity contribution in [3.05, 3.63) is 46.7 Å². The Morgan fingerprint density at radius 3 is 2.60 bits per heavy atom. The van der Waals surface area contributed by atoms with E-state index in [1.165, 1.54) is 16.8 Å². The molecule has 0 radical (unpaired) electrons. The standard InChI is InChI=1S/C12H11ClN2O4S/c1-15-5-4-8(14-15)7-20(18,19)9-2-3-10(12(16)17)11(13)6-9/h2-6H,7H2,1H3,(H,16,17). The number of aromatic nitrogens is 2. The number of benzene rings is 1. The van der Waals surface area contributed by atoms with Gasteiger partial charge in [-0.2, -0.15) is 5.10 Å². The minimum atomic E-state index is -3.62. The largest absolute Gasteiger partial charge is 0.478 e. The number of hydrogen-bond acceptors (Lipinski definition) is 4. The van der Waals surface area contributed by atoms with Gasteiger partial charge in [0.15, 0.2) is 9.84 Å². The Morgan fingerprint density at radius 1 is 1.40 bits per heavy atom. The van der Waals surface area contributed by atoms with Gasteiger partial charge in [-0.1, -0.05) is 11.6 Å². The Morgan fingerprint density at radius 2 is 2.10 bits per heavy atom. The summed E-state index contributed by atoms with van der Waals surface area (Å²) in [6.45, 7) is 0. The van der Waals surface area contributed by atoms with Crippen molar-refractivity contribution >= 4 is 27.4 Å². The summed E-state index contributed by atoms with van der Waals surface area (Å²) in [7, 11) is -1.93. The Bertz CT molecular complexity index is 768. The van der Waals surface area contributed by atoms with E-state index in [9.17, 15) is 13.2 Å². The normalized spacial score (nSPS) is 11.5. The highest BCUT2D eigenvalue weighted by Gasteiger charge is 2.19. The lowest BCUT2D eigenvalue weighted by molar-refractivity contribution is 0.0697. The number of carboxylic acid groups (broad SMARTS) is 1. The molecule has 0 saturated heterocycles. The number of carbonyl (C=O) groups is 1. The summed E-state index contributed by atoms with van der Waals surface area (Å²) < 4.78 is 25.9. The summed E-state index contributed by atoms with van der Waals surface area (Å²) in [5.41, 5.74) is 0.273. The number of sulfone groups is 1. The molecule has 0 amide bonds. The first-order valence-electron chi connectivity index (χ1n) is 5.54. The molecule has 0 spiro atoms. The van der Waals surface area contributed by atoms with Crippen molar-refractivity contribution in [3.8, 4) is 0 Å². The number of nitrogens with zero attached hydrogens (tertiary/aromatic N) is 2. The summed E-state index contributed by atoms with van der Waals surface area (Å²) in [6, 6.07) is 5.15. The molecule has 2 rings (SSSR count). The van der Waals surface area contributed by atoms with Gasteiger partial charge in [0.2, 0.25) is 0 Å². The highest BCUT2D eigenvalue weighted by Crippen LogP contribution is 2.23. The molecule has 0 aliphatic carbocycles. The van der Waals surface area contributed by atoms with Crippen LogP contribution in [-0.4, -0.2) is 29.3 Å². The van der Waals surface area contributed by atoms with Crippen molar-refractivity contribution in [1.82, 2.24) is 9.78 Å². The van der Waals surface area contributed by atoms with Crippen LogP contribution in [0.25, 0.3) is 0 Å². The molecule has 106 valence electrons. The fraction of sp³-hybridized carbons (Fsp3) is 0.167. The number of aromatic carboxylic acids is 1. The molecule has 0 saturated carbocycles. The lowest BCUT2D eigenvalue weighted by Crippen LogP contribution is -2.07. The van der Waals surface area contributed by atoms with Gasteiger partial charge in [0.05, 0.1) is 26.9 Å². The second kappa shape index (κ2) is 5.26. The van der Waals surface area contributed by atoms with Crippen LogP contribution in [0.1, 0.15) is 16.1 Å². The third-order valence-electron chi connectivity index (χ3n) is 2.64. The Balaban J connectivity index is 2.35. The summed E-state index contributed by atoms with van der Waals surface area (Å²) in [4.78, 5) is 10.8. The third kappa shape index (κ3) is 3.00. The second-order valence-electron chi connectivity index (χ2n) is 4.19. The summed E-state index contributed by atoms with van der Waals surface area (Å²) in [6.07, 6.45) is 1.64. The monoisotopic (exact) mass is 314 g/mol. The van der Waals surface area contributed by atoms with E-state index in [-0.39, 0.29) is 21.2 Å². The lowest BCUT2D eigenvalue weighted by atomic mass is 10.2.